The number of hydrogen-bond acceptors (Lipinski definition) is 10. The molecule has 31 heavy (non-hydrogen) atoms. The van der Waals surface area contributed by atoms with Gasteiger partial charge in [-0.15, -0.1) is 15.0 Å². The van der Waals surface area contributed by atoms with Crippen molar-refractivity contribution in [1.82, 2.24) is 24.8 Å². The van der Waals surface area contributed by atoms with Crippen molar-refractivity contribution in [3.63, 3.8) is 0 Å². The summed E-state index contributed by atoms with van der Waals surface area (Å²) in [5, 5.41) is 0. The molecule has 1 amide bonds. The molecule has 170 valence electrons. The second kappa shape index (κ2) is 13.1. The number of amides is 1. The van der Waals surface area contributed by atoms with Gasteiger partial charge >= 0.3 is 18.0 Å². The van der Waals surface area contributed by atoms with Crippen LogP contribution in [0.15, 0.2) is 25.3 Å². The van der Waals surface area contributed by atoms with Crippen molar-refractivity contribution < 1.29 is 23.7 Å². The van der Waals surface area contributed by atoms with Crippen LogP contribution in [0.3, 0.4) is 0 Å². The quantitative estimate of drug-likeness (QED) is 0.345. The van der Waals surface area contributed by atoms with Crippen molar-refractivity contribution in [1.29, 1.82) is 0 Å². The van der Waals surface area contributed by atoms with Crippen LogP contribution in [0.25, 0.3) is 0 Å². The van der Waals surface area contributed by atoms with E-state index in [-0.39, 0.29) is 55.6 Å². The third kappa shape index (κ3) is 8.67. The molecule has 0 spiro atoms. The summed E-state index contributed by atoms with van der Waals surface area (Å²) >= 11 is 6.55. The van der Waals surface area contributed by atoms with Crippen molar-refractivity contribution in [3.8, 4) is 18.0 Å². The zero-order chi connectivity index (χ0) is 22.6. The van der Waals surface area contributed by atoms with E-state index >= 15 is 0 Å². The largest absolute Gasteiger partial charge is 0.460 e. The molecule has 1 aromatic heterocycles. The first-order chi connectivity index (χ1) is 14.9. The molecule has 1 atom stereocenters. The summed E-state index contributed by atoms with van der Waals surface area (Å²) in [7, 11) is 3.70. The monoisotopic (exact) mass is 469 g/mol. The number of thioether (sulfide) groups is 1. The van der Waals surface area contributed by atoms with Gasteiger partial charge in [0, 0.05) is 20.6 Å². The van der Waals surface area contributed by atoms with Gasteiger partial charge in [0.2, 0.25) is 5.91 Å². The number of carbonyl (C=O) groups excluding carboxylic acids is 1. The van der Waals surface area contributed by atoms with Crippen molar-refractivity contribution in [2.24, 2.45) is 0 Å². The van der Waals surface area contributed by atoms with Crippen LogP contribution < -0.4 is 14.2 Å². The van der Waals surface area contributed by atoms with Crippen LogP contribution in [0.1, 0.15) is 0 Å². The molecular formula is C19H27N5O5S2. The maximum atomic E-state index is 12.5. The summed E-state index contributed by atoms with van der Waals surface area (Å²) < 4.78 is 22.8. The minimum absolute atomic E-state index is 0.00267. The fraction of sp³-hybridized carbons (Fsp3) is 0.526. The summed E-state index contributed by atoms with van der Waals surface area (Å²) in [4.78, 5) is 28.3. The summed E-state index contributed by atoms with van der Waals surface area (Å²) in [6, 6.07) is 0.144. The maximum absolute atomic E-state index is 12.5. The molecule has 0 aromatic carbocycles. The molecule has 1 saturated heterocycles. The number of thiocarbonyl (C=S) groups is 1. The van der Waals surface area contributed by atoms with Gasteiger partial charge in [-0.2, -0.15) is 0 Å². The molecule has 1 unspecified atom stereocenters. The first-order valence-electron chi connectivity index (χ1n) is 9.52. The lowest BCUT2D eigenvalue weighted by molar-refractivity contribution is -0.137. The third-order valence-corrected chi connectivity index (χ3v) is 5.53. The number of carbonyl (C=O) groups is 1. The van der Waals surface area contributed by atoms with E-state index in [0.717, 1.165) is 0 Å². The molecule has 0 bridgehead atoms. The molecule has 0 radical (unpaired) electrons. The molecule has 10 nitrogen and oxygen atoms in total. The summed E-state index contributed by atoms with van der Waals surface area (Å²) in [5.74, 6) is 0.286. The highest BCUT2D eigenvalue weighted by Gasteiger charge is 2.25. The molecule has 1 fully saturated rings. The number of ether oxygens (including phenoxy) is 4. The normalized spacial score (nSPS) is 15.7. The Balaban J connectivity index is 1.92. The van der Waals surface area contributed by atoms with E-state index in [1.807, 2.05) is 14.1 Å². The topological polar surface area (TPSA) is 99.1 Å². The Labute approximate surface area is 191 Å². The fourth-order valence-corrected chi connectivity index (χ4v) is 3.20. The zero-order valence-corrected chi connectivity index (χ0v) is 19.3. The highest BCUT2D eigenvalue weighted by atomic mass is 32.2. The molecule has 0 N–H and O–H groups in total. The molecule has 1 aliphatic rings. The number of morpholine rings is 1. The van der Waals surface area contributed by atoms with E-state index in [1.165, 1.54) is 11.8 Å². The van der Waals surface area contributed by atoms with Crippen molar-refractivity contribution in [2.45, 2.75) is 6.10 Å². The number of aromatic nitrogens is 3. The van der Waals surface area contributed by atoms with Crippen LogP contribution in [0.2, 0.25) is 0 Å². The Kier molecular flexibility index (Phi) is 10.5. The predicted octanol–water partition coefficient (Wildman–Crippen LogP) is 1.19. The first-order valence-corrected chi connectivity index (χ1v) is 10.9. The predicted molar refractivity (Wildman–Crippen MR) is 122 cm³/mol. The standard InChI is InChI=1S/C19H27N5O5S2/c1-5-8-27-16-20-17(28-9-6-2)22-18(21-16)29-12-14-11-24(7-10-26-14)15(25)13-31-19(30)23(3)4/h5-6,14H,1-2,7-13H2,3-4H3. The number of hydrogen-bond donors (Lipinski definition) is 0. The summed E-state index contributed by atoms with van der Waals surface area (Å²) in [5.41, 5.74) is 0. The molecule has 2 heterocycles. The number of rotatable bonds is 11. The molecule has 1 aliphatic heterocycles. The smallest absolute Gasteiger partial charge is 0.326 e. The average Bonchev–Trinajstić information content (AvgIpc) is 2.78. The Morgan fingerprint density at radius 2 is 1.77 bits per heavy atom. The van der Waals surface area contributed by atoms with Crippen molar-refractivity contribution in [3.05, 3.63) is 25.3 Å². The van der Waals surface area contributed by atoms with Crippen LogP contribution in [0, 0.1) is 0 Å². The highest BCUT2D eigenvalue weighted by molar-refractivity contribution is 8.23. The van der Waals surface area contributed by atoms with Gasteiger partial charge in [0.25, 0.3) is 0 Å². The van der Waals surface area contributed by atoms with E-state index in [4.69, 9.17) is 31.2 Å². The van der Waals surface area contributed by atoms with Crippen LogP contribution in [-0.4, -0.2) is 100 Å². The highest BCUT2D eigenvalue weighted by Crippen LogP contribution is 2.16. The van der Waals surface area contributed by atoms with Gasteiger partial charge in [-0.1, -0.05) is 49.3 Å². The average molecular weight is 470 g/mol. The van der Waals surface area contributed by atoms with Crippen molar-refractivity contribution >= 4 is 34.2 Å². The molecule has 0 aliphatic carbocycles. The second-order valence-corrected chi connectivity index (χ2v) is 8.08. The fourth-order valence-electron chi connectivity index (χ4n) is 2.34. The van der Waals surface area contributed by atoms with Gasteiger partial charge < -0.3 is 28.7 Å². The van der Waals surface area contributed by atoms with Crippen LogP contribution in [0.4, 0.5) is 0 Å². The van der Waals surface area contributed by atoms with Gasteiger partial charge in [0.05, 0.1) is 18.9 Å². The zero-order valence-electron chi connectivity index (χ0n) is 17.7. The van der Waals surface area contributed by atoms with Gasteiger partial charge in [0.15, 0.2) is 0 Å². The van der Waals surface area contributed by atoms with Gasteiger partial charge in [-0.3, -0.25) is 4.79 Å². The Morgan fingerprint density at radius 3 is 2.32 bits per heavy atom. The molecule has 12 heteroatoms. The third-order valence-electron chi connectivity index (χ3n) is 3.81. The van der Waals surface area contributed by atoms with Crippen LogP contribution in [0.5, 0.6) is 18.0 Å². The van der Waals surface area contributed by atoms with Crippen LogP contribution >= 0.6 is 24.0 Å². The van der Waals surface area contributed by atoms with Gasteiger partial charge in [-0.25, -0.2) is 0 Å². The minimum atomic E-state index is -0.324. The Bertz CT molecular complexity index is 750. The van der Waals surface area contributed by atoms with E-state index in [2.05, 4.69) is 28.1 Å². The van der Waals surface area contributed by atoms with Crippen LogP contribution in [-0.2, 0) is 9.53 Å². The second-order valence-electron chi connectivity index (χ2n) is 6.48. The summed E-state index contributed by atoms with van der Waals surface area (Å²) in [6.45, 7) is 9.12. The van der Waals surface area contributed by atoms with E-state index in [9.17, 15) is 4.79 Å². The molecule has 1 aromatic rings. The summed E-state index contributed by atoms with van der Waals surface area (Å²) in [6.07, 6.45) is 2.81. The van der Waals surface area contributed by atoms with Crippen molar-refractivity contribution in [2.75, 3.05) is 59.4 Å². The lowest BCUT2D eigenvalue weighted by Crippen LogP contribution is -2.48. The minimum Gasteiger partial charge on any atom is -0.460 e. The maximum Gasteiger partial charge on any atom is 0.326 e. The van der Waals surface area contributed by atoms with E-state index in [0.29, 0.717) is 24.0 Å². The van der Waals surface area contributed by atoms with E-state index in [1.54, 1.807) is 22.0 Å². The van der Waals surface area contributed by atoms with Gasteiger partial charge in [-0.05, 0) is 0 Å². The first kappa shape index (κ1) is 24.8. The molecule has 2 rings (SSSR count). The lowest BCUT2D eigenvalue weighted by atomic mass is 10.3. The Hall–Kier alpha value is -2.44. The molecular weight excluding hydrogens is 442 g/mol. The SMILES string of the molecule is C=CCOc1nc(OCC=C)nc(OCC2CN(C(=O)CSC(=S)N(C)C)CCO2)n1. The van der Waals surface area contributed by atoms with E-state index < -0.39 is 0 Å². The lowest BCUT2D eigenvalue weighted by Gasteiger charge is -2.32. The number of nitrogens with zero attached hydrogens (tertiary/aromatic N) is 5. The van der Waals surface area contributed by atoms with Gasteiger partial charge in [0.1, 0.15) is 30.2 Å². The Morgan fingerprint density at radius 1 is 1.19 bits per heavy atom. The molecule has 0 saturated carbocycles.